The molecule has 136 valence electrons. The lowest BCUT2D eigenvalue weighted by Crippen LogP contribution is -2.38. The van der Waals surface area contributed by atoms with Gasteiger partial charge in [0.15, 0.2) is 0 Å². The molecule has 1 unspecified atom stereocenters. The third kappa shape index (κ3) is 3.09. The minimum atomic E-state index is -0.429. The van der Waals surface area contributed by atoms with Gasteiger partial charge in [0.2, 0.25) is 11.8 Å². The first-order valence-corrected chi connectivity index (χ1v) is 8.95. The number of likely N-dealkylation sites (tertiary alicyclic amines) is 2. The number of aryl methyl sites for hydroxylation is 1. The van der Waals surface area contributed by atoms with Gasteiger partial charge in [-0.3, -0.25) is 14.6 Å². The number of aromatic nitrogens is 2. The van der Waals surface area contributed by atoms with Crippen LogP contribution in [0.5, 0.6) is 0 Å². The summed E-state index contributed by atoms with van der Waals surface area (Å²) < 4.78 is 5.14. The number of rotatable bonds is 4. The van der Waals surface area contributed by atoms with Gasteiger partial charge in [-0.05, 0) is 31.9 Å². The molecule has 26 heavy (non-hydrogen) atoms. The Morgan fingerprint density at radius 3 is 2.88 bits per heavy atom. The maximum atomic E-state index is 13.0. The number of carbonyl (C=O) groups excluding carboxylic acids is 2. The number of carbonyl (C=O) groups is 2. The zero-order valence-corrected chi connectivity index (χ0v) is 14.9. The van der Waals surface area contributed by atoms with Crippen LogP contribution in [0.25, 0.3) is 0 Å². The maximum absolute atomic E-state index is 13.0. The van der Waals surface area contributed by atoms with Gasteiger partial charge in [-0.15, -0.1) is 0 Å². The number of nitrogens with zero attached hydrogens (tertiary/aromatic N) is 4. The summed E-state index contributed by atoms with van der Waals surface area (Å²) in [7, 11) is 0. The number of hydrogen-bond acceptors (Lipinski definition) is 5. The molecular formula is C19H22N4O3. The van der Waals surface area contributed by atoms with Crippen molar-refractivity contribution in [2.45, 2.75) is 32.7 Å². The fourth-order valence-corrected chi connectivity index (χ4v) is 3.96. The predicted molar refractivity (Wildman–Crippen MR) is 92.8 cm³/mol. The first-order chi connectivity index (χ1) is 12.6. The molecule has 2 aromatic rings. The van der Waals surface area contributed by atoms with Crippen molar-refractivity contribution < 1.29 is 14.1 Å². The molecule has 0 bridgehead atoms. The summed E-state index contributed by atoms with van der Waals surface area (Å²) >= 11 is 0. The second-order valence-electron chi connectivity index (χ2n) is 7.25. The van der Waals surface area contributed by atoms with Crippen LogP contribution in [0.15, 0.2) is 35.0 Å². The van der Waals surface area contributed by atoms with Gasteiger partial charge in [0, 0.05) is 31.9 Å². The fourth-order valence-electron chi connectivity index (χ4n) is 3.96. The van der Waals surface area contributed by atoms with E-state index in [1.165, 1.54) is 0 Å². The normalized spacial score (nSPS) is 22.6. The monoisotopic (exact) mass is 354 g/mol. The van der Waals surface area contributed by atoms with Crippen molar-refractivity contribution in [1.29, 1.82) is 0 Å². The van der Waals surface area contributed by atoms with Gasteiger partial charge in [0.1, 0.15) is 5.76 Å². The van der Waals surface area contributed by atoms with Gasteiger partial charge < -0.3 is 14.3 Å². The van der Waals surface area contributed by atoms with Crippen LogP contribution >= 0.6 is 0 Å². The standard InChI is InChI=1S/C19H22N4O3/c1-14-10-16(26-21-14)11-17(24)23-9-6-19(13-23)5-8-22(18(19)25)12-15-4-2-3-7-20-15/h2-4,7,10H,5-6,8-9,11-13H2,1H3. The molecule has 4 rings (SSSR count). The largest absolute Gasteiger partial charge is 0.361 e. The quantitative estimate of drug-likeness (QED) is 0.833. The lowest BCUT2D eigenvalue weighted by atomic mass is 9.85. The topological polar surface area (TPSA) is 79.5 Å². The highest BCUT2D eigenvalue weighted by Crippen LogP contribution is 2.41. The summed E-state index contributed by atoms with van der Waals surface area (Å²) in [6.45, 7) is 4.20. The van der Waals surface area contributed by atoms with E-state index in [-0.39, 0.29) is 18.2 Å². The van der Waals surface area contributed by atoms with E-state index in [4.69, 9.17) is 4.52 Å². The van der Waals surface area contributed by atoms with E-state index in [1.54, 1.807) is 17.2 Å². The molecule has 0 N–H and O–H groups in total. The summed E-state index contributed by atoms with van der Waals surface area (Å²) in [5, 5.41) is 3.82. The number of amides is 2. The molecule has 0 saturated carbocycles. The van der Waals surface area contributed by atoms with Crippen molar-refractivity contribution in [3.8, 4) is 0 Å². The van der Waals surface area contributed by atoms with Crippen LogP contribution < -0.4 is 0 Å². The van der Waals surface area contributed by atoms with Crippen LogP contribution in [0.4, 0.5) is 0 Å². The van der Waals surface area contributed by atoms with Crippen molar-refractivity contribution in [2.24, 2.45) is 5.41 Å². The van der Waals surface area contributed by atoms with Crippen LogP contribution in [-0.4, -0.2) is 51.4 Å². The summed E-state index contributed by atoms with van der Waals surface area (Å²) in [6, 6.07) is 7.51. The van der Waals surface area contributed by atoms with Crippen molar-refractivity contribution in [3.63, 3.8) is 0 Å². The molecule has 7 nitrogen and oxygen atoms in total. The molecule has 1 atom stereocenters. The Balaban J connectivity index is 1.39. The smallest absolute Gasteiger partial charge is 0.231 e. The molecular weight excluding hydrogens is 332 g/mol. The zero-order valence-electron chi connectivity index (χ0n) is 14.9. The third-order valence-electron chi connectivity index (χ3n) is 5.39. The van der Waals surface area contributed by atoms with E-state index in [0.717, 1.165) is 30.8 Å². The van der Waals surface area contributed by atoms with Crippen LogP contribution in [0.2, 0.25) is 0 Å². The molecule has 0 aliphatic carbocycles. The van der Waals surface area contributed by atoms with Crippen LogP contribution in [-0.2, 0) is 22.6 Å². The van der Waals surface area contributed by atoms with Gasteiger partial charge in [-0.25, -0.2) is 0 Å². The lowest BCUT2D eigenvalue weighted by Gasteiger charge is -2.23. The Bertz CT molecular complexity index is 819. The van der Waals surface area contributed by atoms with E-state index < -0.39 is 5.41 Å². The molecule has 0 radical (unpaired) electrons. The Morgan fingerprint density at radius 2 is 2.15 bits per heavy atom. The highest BCUT2D eigenvalue weighted by molar-refractivity contribution is 5.87. The predicted octanol–water partition coefficient (Wildman–Crippen LogP) is 1.57. The highest BCUT2D eigenvalue weighted by atomic mass is 16.5. The average molecular weight is 354 g/mol. The summed E-state index contributed by atoms with van der Waals surface area (Å²) in [5.74, 6) is 0.714. The molecule has 2 fully saturated rings. The van der Waals surface area contributed by atoms with E-state index in [0.29, 0.717) is 25.4 Å². The highest BCUT2D eigenvalue weighted by Gasteiger charge is 2.51. The zero-order chi connectivity index (χ0) is 18.1. The molecule has 1 spiro atoms. The third-order valence-corrected chi connectivity index (χ3v) is 5.39. The molecule has 4 heterocycles. The van der Waals surface area contributed by atoms with E-state index in [1.807, 2.05) is 30.0 Å². The molecule has 7 heteroatoms. The second kappa shape index (κ2) is 6.55. The molecule has 2 aliphatic heterocycles. The van der Waals surface area contributed by atoms with Gasteiger partial charge in [0.25, 0.3) is 0 Å². The summed E-state index contributed by atoms with van der Waals surface area (Å²) in [5.41, 5.74) is 1.23. The van der Waals surface area contributed by atoms with E-state index in [2.05, 4.69) is 10.1 Å². The Morgan fingerprint density at radius 1 is 1.31 bits per heavy atom. The minimum absolute atomic E-state index is 0.00555. The molecule has 2 saturated heterocycles. The maximum Gasteiger partial charge on any atom is 0.231 e. The van der Waals surface area contributed by atoms with Crippen LogP contribution in [0, 0.1) is 12.3 Å². The van der Waals surface area contributed by atoms with Crippen molar-refractivity contribution in [2.75, 3.05) is 19.6 Å². The lowest BCUT2D eigenvalue weighted by molar-refractivity contribution is -0.136. The SMILES string of the molecule is Cc1cc(CC(=O)N2CCC3(CCN(Cc4ccccn4)C3=O)C2)on1. The first-order valence-electron chi connectivity index (χ1n) is 8.95. The second-order valence-corrected chi connectivity index (χ2v) is 7.25. The average Bonchev–Trinajstić information content (AvgIpc) is 3.33. The molecule has 2 amide bonds. The molecule has 0 aromatic carbocycles. The van der Waals surface area contributed by atoms with Crippen LogP contribution in [0.1, 0.15) is 30.0 Å². The van der Waals surface area contributed by atoms with Gasteiger partial charge in [0.05, 0.1) is 29.8 Å². The number of pyridine rings is 1. The van der Waals surface area contributed by atoms with Gasteiger partial charge >= 0.3 is 0 Å². The van der Waals surface area contributed by atoms with Crippen molar-refractivity contribution in [3.05, 3.63) is 47.6 Å². The van der Waals surface area contributed by atoms with E-state index >= 15 is 0 Å². The minimum Gasteiger partial charge on any atom is -0.361 e. The fraction of sp³-hybridized carbons (Fsp3) is 0.474. The van der Waals surface area contributed by atoms with Gasteiger partial charge in [-0.2, -0.15) is 0 Å². The Hall–Kier alpha value is -2.70. The Kier molecular flexibility index (Phi) is 4.22. The molecule has 2 aliphatic rings. The van der Waals surface area contributed by atoms with E-state index in [9.17, 15) is 9.59 Å². The number of hydrogen-bond donors (Lipinski definition) is 0. The summed E-state index contributed by atoms with van der Waals surface area (Å²) in [4.78, 5) is 33.5. The Labute approximate surface area is 152 Å². The van der Waals surface area contributed by atoms with Crippen molar-refractivity contribution in [1.82, 2.24) is 19.9 Å². The molecule has 2 aromatic heterocycles. The van der Waals surface area contributed by atoms with Gasteiger partial charge in [-0.1, -0.05) is 11.2 Å². The first kappa shape index (κ1) is 16.8. The van der Waals surface area contributed by atoms with Crippen LogP contribution in [0.3, 0.4) is 0 Å². The van der Waals surface area contributed by atoms with Crippen molar-refractivity contribution >= 4 is 11.8 Å². The summed E-state index contributed by atoms with van der Waals surface area (Å²) in [6.07, 6.45) is 3.46.